The van der Waals surface area contributed by atoms with Crippen molar-refractivity contribution in [2.24, 2.45) is 5.41 Å². The predicted octanol–water partition coefficient (Wildman–Crippen LogP) is 4.02. The lowest BCUT2D eigenvalue weighted by molar-refractivity contribution is -0.122. The van der Waals surface area contributed by atoms with Crippen LogP contribution in [0.25, 0.3) is 0 Å². The highest BCUT2D eigenvalue weighted by Gasteiger charge is 2.27. The van der Waals surface area contributed by atoms with Gasteiger partial charge in [-0.15, -0.1) is 11.6 Å². The number of halogens is 1. The van der Waals surface area contributed by atoms with E-state index in [-0.39, 0.29) is 23.7 Å². The highest BCUT2D eigenvalue weighted by molar-refractivity contribution is 6.20. The lowest BCUT2D eigenvalue weighted by Crippen LogP contribution is -2.34. The summed E-state index contributed by atoms with van der Waals surface area (Å²) < 4.78 is 0. The van der Waals surface area contributed by atoms with Gasteiger partial charge in [-0.3, -0.25) is 9.59 Å². The van der Waals surface area contributed by atoms with Crippen LogP contribution in [0.15, 0.2) is 18.2 Å². The molecule has 1 saturated heterocycles. The van der Waals surface area contributed by atoms with Gasteiger partial charge in [0.15, 0.2) is 0 Å². The Balaban J connectivity index is 2.30. The number of carbonyl (C=O) groups excluding carboxylic acids is 2. The van der Waals surface area contributed by atoms with Crippen LogP contribution in [0.3, 0.4) is 0 Å². The second kappa shape index (κ2) is 8.76. The van der Waals surface area contributed by atoms with Gasteiger partial charge < -0.3 is 15.5 Å². The molecular formula is C20H30ClN3O2. The Labute approximate surface area is 161 Å². The molecule has 0 aliphatic carbocycles. The fourth-order valence-electron chi connectivity index (χ4n) is 2.79. The number of benzene rings is 1. The zero-order valence-electron chi connectivity index (χ0n) is 16.2. The summed E-state index contributed by atoms with van der Waals surface area (Å²) in [7, 11) is 0. The van der Waals surface area contributed by atoms with Crippen LogP contribution >= 0.6 is 11.6 Å². The first-order valence-corrected chi connectivity index (χ1v) is 9.89. The summed E-state index contributed by atoms with van der Waals surface area (Å²) in [6.45, 7) is 9.53. The molecule has 1 aliphatic rings. The molecule has 0 bridgehead atoms. The number of rotatable bonds is 7. The van der Waals surface area contributed by atoms with Gasteiger partial charge in [0.2, 0.25) is 5.91 Å². The minimum absolute atomic E-state index is 0.0994. The fraction of sp³-hybridized carbons (Fsp3) is 0.600. The number of carbonyl (C=O) groups is 2. The van der Waals surface area contributed by atoms with Crippen molar-refractivity contribution >= 4 is 34.8 Å². The molecule has 1 heterocycles. The van der Waals surface area contributed by atoms with Crippen LogP contribution in [-0.2, 0) is 4.79 Å². The summed E-state index contributed by atoms with van der Waals surface area (Å²) in [4.78, 5) is 27.5. The third-order valence-corrected chi connectivity index (χ3v) is 5.55. The molecule has 1 fully saturated rings. The minimum atomic E-state index is -0.672. The highest BCUT2D eigenvalue weighted by atomic mass is 35.5. The maximum absolute atomic E-state index is 12.8. The number of amides is 2. The molecule has 0 unspecified atom stereocenters. The summed E-state index contributed by atoms with van der Waals surface area (Å²) >= 11 is 5.89. The SMILES string of the molecule is CC[C@@H](C)NC(=O)c1cc(NC(=O)C(C)(C)CCl)ccc1N1CCCC1. The van der Waals surface area contributed by atoms with E-state index >= 15 is 0 Å². The van der Waals surface area contributed by atoms with Crippen molar-refractivity contribution in [1.82, 2.24) is 5.32 Å². The van der Waals surface area contributed by atoms with E-state index in [0.717, 1.165) is 38.0 Å². The first-order chi connectivity index (χ1) is 12.3. The summed E-state index contributed by atoms with van der Waals surface area (Å²) in [5, 5.41) is 5.92. The van der Waals surface area contributed by atoms with E-state index in [4.69, 9.17) is 11.6 Å². The second-order valence-corrected chi connectivity index (χ2v) is 7.95. The number of hydrogen-bond acceptors (Lipinski definition) is 3. The molecule has 0 saturated carbocycles. The summed E-state index contributed by atoms with van der Waals surface area (Å²) in [5.74, 6) is -0.0323. The molecular weight excluding hydrogens is 350 g/mol. The number of alkyl halides is 1. The normalized spacial score (nSPS) is 15.7. The van der Waals surface area contributed by atoms with Crippen LogP contribution in [0.5, 0.6) is 0 Å². The second-order valence-electron chi connectivity index (χ2n) is 7.68. The monoisotopic (exact) mass is 379 g/mol. The lowest BCUT2D eigenvalue weighted by atomic mass is 9.95. The van der Waals surface area contributed by atoms with Gasteiger partial charge in [-0.2, -0.15) is 0 Å². The van der Waals surface area contributed by atoms with Crippen LogP contribution in [-0.4, -0.2) is 36.8 Å². The van der Waals surface area contributed by atoms with E-state index in [1.807, 2.05) is 26.0 Å². The Hall–Kier alpha value is -1.75. The van der Waals surface area contributed by atoms with Gasteiger partial charge in [0.25, 0.3) is 5.91 Å². The molecule has 2 N–H and O–H groups in total. The van der Waals surface area contributed by atoms with Crippen LogP contribution in [0.2, 0.25) is 0 Å². The van der Waals surface area contributed by atoms with Crippen molar-refractivity contribution in [3.63, 3.8) is 0 Å². The average Bonchev–Trinajstić information content (AvgIpc) is 3.15. The molecule has 6 heteroatoms. The first kappa shape index (κ1) is 20.6. The van der Waals surface area contributed by atoms with E-state index < -0.39 is 5.41 Å². The van der Waals surface area contributed by atoms with Gasteiger partial charge >= 0.3 is 0 Å². The topological polar surface area (TPSA) is 61.4 Å². The molecule has 0 aromatic heterocycles. The van der Waals surface area contributed by atoms with Gasteiger partial charge in [-0.05, 0) is 58.2 Å². The van der Waals surface area contributed by atoms with Crippen molar-refractivity contribution in [3.8, 4) is 0 Å². The van der Waals surface area contributed by atoms with Gasteiger partial charge in [0.05, 0.1) is 11.0 Å². The molecule has 5 nitrogen and oxygen atoms in total. The summed E-state index contributed by atoms with van der Waals surface area (Å²) in [6.07, 6.45) is 3.13. The first-order valence-electron chi connectivity index (χ1n) is 9.35. The van der Waals surface area contributed by atoms with E-state index in [9.17, 15) is 9.59 Å². The number of anilines is 2. The molecule has 26 heavy (non-hydrogen) atoms. The molecule has 1 aliphatic heterocycles. The molecule has 0 radical (unpaired) electrons. The Morgan fingerprint density at radius 1 is 1.27 bits per heavy atom. The van der Waals surface area contributed by atoms with E-state index in [1.165, 1.54) is 0 Å². The summed E-state index contributed by atoms with van der Waals surface area (Å²) in [6, 6.07) is 5.66. The highest BCUT2D eigenvalue weighted by Crippen LogP contribution is 2.29. The Morgan fingerprint density at radius 3 is 2.50 bits per heavy atom. The van der Waals surface area contributed by atoms with Gasteiger partial charge in [-0.25, -0.2) is 0 Å². The fourth-order valence-corrected chi connectivity index (χ4v) is 2.92. The minimum Gasteiger partial charge on any atom is -0.371 e. The molecule has 1 aromatic rings. The van der Waals surface area contributed by atoms with Crippen LogP contribution in [0.1, 0.15) is 57.3 Å². The van der Waals surface area contributed by atoms with Crippen LogP contribution in [0, 0.1) is 5.41 Å². The third-order valence-electron chi connectivity index (χ3n) is 4.88. The quantitative estimate of drug-likeness (QED) is 0.703. The molecule has 144 valence electrons. The van der Waals surface area contributed by atoms with E-state index in [2.05, 4.69) is 15.5 Å². The van der Waals surface area contributed by atoms with Crippen LogP contribution in [0.4, 0.5) is 11.4 Å². The molecule has 1 atom stereocenters. The van der Waals surface area contributed by atoms with E-state index in [0.29, 0.717) is 11.3 Å². The number of nitrogens with zero attached hydrogens (tertiary/aromatic N) is 1. The molecule has 2 rings (SSSR count). The molecule has 1 aromatic carbocycles. The van der Waals surface area contributed by atoms with Crippen molar-refractivity contribution in [2.45, 2.75) is 53.0 Å². The van der Waals surface area contributed by atoms with Crippen LogP contribution < -0.4 is 15.5 Å². The average molecular weight is 380 g/mol. The van der Waals surface area contributed by atoms with Crippen molar-refractivity contribution in [2.75, 3.05) is 29.2 Å². The third kappa shape index (κ3) is 4.91. The molecule has 2 amide bonds. The van der Waals surface area contributed by atoms with Gasteiger partial charge in [-0.1, -0.05) is 6.92 Å². The standard InChI is InChI=1S/C20H30ClN3O2/c1-5-14(2)22-18(25)16-12-15(23-19(26)20(3,4)13-21)8-9-17(16)24-10-6-7-11-24/h8-9,12,14H,5-7,10-11,13H2,1-4H3,(H,22,25)(H,23,26)/t14-/m1/s1. The largest absolute Gasteiger partial charge is 0.371 e. The molecule has 0 spiro atoms. The van der Waals surface area contributed by atoms with Gasteiger partial charge in [0.1, 0.15) is 0 Å². The van der Waals surface area contributed by atoms with Gasteiger partial charge in [0, 0.05) is 36.4 Å². The number of nitrogens with one attached hydrogen (secondary N) is 2. The maximum Gasteiger partial charge on any atom is 0.253 e. The summed E-state index contributed by atoms with van der Waals surface area (Å²) in [5.41, 5.74) is 1.48. The smallest absolute Gasteiger partial charge is 0.253 e. The zero-order valence-corrected chi connectivity index (χ0v) is 16.9. The Bertz CT molecular complexity index is 654. The predicted molar refractivity (Wildman–Crippen MR) is 108 cm³/mol. The Morgan fingerprint density at radius 2 is 1.92 bits per heavy atom. The Kier molecular flexibility index (Phi) is 6.93. The maximum atomic E-state index is 12.8. The van der Waals surface area contributed by atoms with Crippen molar-refractivity contribution in [1.29, 1.82) is 0 Å². The zero-order chi connectivity index (χ0) is 19.3. The van der Waals surface area contributed by atoms with Crippen molar-refractivity contribution in [3.05, 3.63) is 23.8 Å². The van der Waals surface area contributed by atoms with E-state index in [1.54, 1.807) is 19.9 Å². The number of hydrogen-bond donors (Lipinski definition) is 2. The lowest BCUT2D eigenvalue weighted by Gasteiger charge is -2.24. The van der Waals surface area contributed by atoms with Crippen molar-refractivity contribution < 1.29 is 9.59 Å².